The second-order valence-electron chi connectivity index (χ2n) is 7.06. The van der Waals surface area contributed by atoms with E-state index in [1.54, 1.807) is 0 Å². The number of hydrogen-bond acceptors (Lipinski definition) is 6. The second kappa shape index (κ2) is 13.9. The van der Waals surface area contributed by atoms with E-state index in [2.05, 4.69) is 10.1 Å². The zero-order chi connectivity index (χ0) is 28.3. The third-order valence-corrected chi connectivity index (χ3v) is 4.07. The van der Waals surface area contributed by atoms with Crippen LogP contribution in [0.1, 0.15) is 37.8 Å². The van der Waals surface area contributed by atoms with Gasteiger partial charge in [0.1, 0.15) is 6.04 Å². The highest BCUT2D eigenvalue weighted by Gasteiger charge is 2.35. The van der Waals surface area contributed by atoms with Gasteiger partial charge in [0, 0.05) is 13.3 Å². The van der Waals surface area contributed by atoms with Crippen LogP contribution in [0.5, 0.6) is 0 Å². The highest BCUT2D eigenvalue weighted by Crippen LogP contribution is 2.34. The van der Waals surface area contributed by atoms with E-state index in [1.807, 2.05) is 5.32 Å². The molecule has 0 saturated heterocycles. The molecule has 0 saturated carbocycles. The number of Topliss-reactive ketones (excluding diaryl/α,β-unsaturated/α-hetero) is 1. The molecular formula is C20H23F6N3O7. The molecule has 3 amide bonds. The van der Waals surface area contributed by atoms with Crippen molar-refractivity contribution in [1.29, 1.82) is 0 Å². The van der Waals surface area contributed by atoms with Gasteiger partial charge >= 0.3 is 24.4 Å². The first-order valence-corrected chi connectivity index (χ1v) is 9.83. The molecule has 0 aliphatic heterocycles. The lowest BCUT2D eigenvalue weighted by atomic mass is 10.1. The molecule has 0 spiro atoms. The summed E-state index contributed by atoms with van der Waals surface area (Å²) in [5.41, 5.74) is 2.34. The van der Waals surface area contributed by atoms with E-state index in [0.717, 1.165) is 13.0 Å². The van der Waals surface area contributed by atoms with Crippen molar-refractivity contribution >= 4 is 29.7 Å². The quantitative estimate of drug-likeness (QED) is 0.280. The largest absolute Gasteiger partial charge is 0.465 e. The van der Waals surface area contributed by atoms with Gasteiger partial charge in [-0.05, 0) is 31.5 Å². The van der Waals surface area contributed by atoms with E-state index < -0.39 is 71.8 Å². The summed E-state index contributed by atoms with van der Waals surface area (Å²) >= 11 is 0. The fraction of sp³-hybridized carbons (Fsp3) is 0.450. The van der Waals surface area contributed by atoms with Crippen LogP contribution in [-0.4, -0.2) is 53.5 Å². The predicted octanol–water partition coefficient (Wildman–Crippen LogP) is 2.25. The van der Waals surface area contributed by atoms with E-state index in [-0.39, 0.29) is 18.9 Å². The van der Waals surface area contributed by atoms with Crippen LogP contribution in [-0.2, 0) is 36.3 Å². The van der Waals surface area contributed by atoms with Crippen molar-refractivity contribution in [2.45, 2.75) is 51.1 Å². The molecule has 0 radical (unpaired) electrons. The summed E-state index contributed by atoms with van der Waals surface area (Å²) in [4.78, 5) is 55.4. The van der Waals surface area contributed by atoms with Crippen LogP contribution in [0.25, 0.3) is 0 Å². The molecule has 202 valence electrons. The number of carbonyl (C=O) groups excluding carboxylic acids is 4. The number of carbonyl (C=O) groups is 5. The number of esters is 1. The molecule has 0 heterocycles. The first-order chi connectivity index (χ1) is 16.3. The first-order valence-electron chi connectivity index (χ1n) is 9.83. The Bertz CT molecular complexity index is 921. The Hall–Kier alpha value is -3.85. The maximum absolute atomic E-state index is 12.0. The van der Waals surface area contributed by atoms with Crippen LogP contribution in [0, 0.1) is 0 Å². The van der Waals surface area contributed by atoms with E-state index in [4.69, 9.17) is 10.8 Å². The summed E-state index contributed by atoms with van der Waals surface area (Å²) in [6.07, 6.45) is -11.3. The molecule has 2 atom stereocenters. The Morgan fingerprint density at radius 1 is 1.00 bits per heavy atom. The summed E-state index contributed by atoms with van der Waals surface area (Å²) in [6, 6.07) is -0.219. The van der Waals surface area contributed by atoms with Gasteiger partial charge in [0.2, 0.25) is 11.8 Å². The summed E-state index contributed by atoms with van der Waals surface area (Å²) in [5.74, 6) is -2.68. The highest BCUT2D eigenvalue weighted by atomic mass is 19.4. The van der Waals surface area contributed by atoms with Gasteiger partial charge in [0.05, 0.1) is 17.2 Å². The van der Waals surface area contributed by atoms with Gasteiger partial charge in [-0.3, -0.25) is 19.2 Å². The van der Waals surface area contributed by atoms with Crippen molar-refractivity contribution < 1.29 is 60.2 Å². The Labute approximate surface area is 200 Å². The molecule has 5 N–H and O–H groups in total. The van der Waals surface area contributed by atoms with E-state index in [1.165, 1.54) is 6.92 Å². The van der Waals surface area contributed by atoms with Crippen LogP contribution in [0.4, 0.5) is 31.1 Å². The number of nitrogens with two attached hydrogens (primary N) is 1. The van der Waals surface area contributed by atoms with Crippen molar-refractivity contribution in [3.05, 3.63) is 35.4 Å². The van der Waals surface area contributed by atoms with Crippen molar-refractivity contribution in [2.24, 2.45) is 5.73 Å². The summed E-state index contributed by atoms with van der Waals surface area (Å²) in [6.45, 7) is 1.98. The van der Waals surface area contributed by atoms with Gasteiger partial charge in [0.25, 0.3) is 0 Å². The molecule has 36 heavy (non-hydrogen) atoms. The summed E-state index contributed by atoms with van der Waals surface area (Å²) < 4.78 is 76.4. The molecule has 10 nitrogen and oxygen atoms in total. The number of ether oxygens (including phenoxy) is 1. The molecule has 0 fully saturated rings. The van der Waals surface area contributed by atoms with Gasteiger partial charge < -0.3 is 26.2 Å². The average Bonchev–Trinajstić information content (AvgIpc) is 2.73. The predicted molar refractivity (Wildman–Crippen MR) is 109 cm³/mol. The summed E-state index contributed by atoms with van der Waals surface area (Å²) in [5, 5.41) is 12.9. The third kappa shape index (κ3) is 13.1. The molecule has 0 aliphatic rings. The lowest BCUT2D eigenvalue weighted by Crippen LogP contribution is -2.51. The smallest absolute Gasteiger partial charge is 0.416 e. The minimum atomic E-state index is -4.75. The van der Waals surface area contributed by atoms with Gasteiger partial charge in [-0.2, -0.15) is 26.3 Å². The molecule has 0 bridgehead atoms. The molecule has 0 aliphatic carbocycles. The summed E-state index contributed by atoms with van der Waals surface area (Å²) in [7, 11) is 0. The SMILES string of the molecule is CC(=O)OCC(=O)[C@H](C)NC(=O)[C@H](CCC(N)=O)NC(=O)O.FC(F)(F)c1cccc(C(F)(F)F)c1. The Balaban J connectivity index is 0.000000748. The third-order valence-electron chi connectivity index (χ3n) is 4.07. The normalized spacial score (nSPS) is 12.8. The fourth-order valence-corrected chi connectivity index (χ4v) is 2.27. The van der Waals surface area contributed by atoms with Crippen LogP contribution >= 0.6 is 0 Å². The topological polar surface area (TPSA) is 165 Å². The number of nitrogens with one attached hydrogen (secondary N) is 2. The highest BCUT2D eigenvalue weighted by molar-refractivity contribution is 5.93. The zero-order valence-corrected chi connectivity index (χ0v) is 18.8. The van der Waals surface area contributed by atoms with Crippen molar-refractivity contribution in [3.8, 4) is 0 Å². The number of benzene rings is 1. The lowest BCUT2D eigenvalue weighted by Gasteiger charge is -2.19. The van der Waals surface area contributed by atoms with Crippen molar-refractivity contribution in [3.63, 3.8) is 0 Å². The average molecular weight is 531 g/mol. The van der Waals surface area contributed by atoms with Crippen molar-refractivity contribution in [1.82, 2.24) is 10.6 Å². The number of amides is 3. The number of halogens is 6. The Kier molecular flexibility index (Phi) is 12.4. The maximum Gasteiger partial charge on any atom is 0.416 e. The van der Waals surface area contributed by atoms with E-state index >= 15 is 0 Å². The van der Waals surface area contributed by atoms with Crippen LogP contribution in [0.15, 0.2) is 24.3 Å². The second-order valence-corrected chi connectivity index (χ2v) is 7.06. The van der Waals surface area contributed by atoms with Gasteiger partial charge in [-0.25, -0.2) is 4.79 Å². The van der Waals surface area contributed by atoms with Gasteiger partial charge in [-0.1, -0.05) is 6.07 Å². The number of hydrogen-bond donors (Lipinski definition) is 4. The molecule has 0 aromatic heterocycles. The molecule has 1 aromatic rings. The number of carboxylic acid groups (broad SMARTS) is 1. The van der Waals surface area contributed by atoms with Gasteiger partial charge in [0.15, 0.2) is 12.4 Å². The zero-order valence-electron chi connectivity index (χ0n) is 18.8. The molecule has 1 rings (SSSR count). The fourth-order valence-electron chi connectivity index (χ4n) is 2.27. The standard InChI is InChI=1S/C12H19N3O7.C8H4F6/c1-6(9(17)5-22-7(2)16)14-11(19)8(15-12(20)21)3-4-10(13)18;9-7(10,11)5-2-1-3-6(4-5)8(12,13)14/h6,8,15H,3-5H2,1-2H3,(H2,13,18)(H,14,19)(H,20,21);1-4H/t6-,8-;/m0./s1. The van der Waals surface area contributed by atoms with Crippen LogP contribution < -0.4 is 16.4 Å². The van der Waals surface area contributed by atoms with Crippen molar-refractivity contribution in [2.75, 3.05) is 6.61 Å². The number of primary amides is 1. The number of rotatable bonds is 9. The molecule has 16 heteroatoms. The first kappa shape index (κ1) is 32.1. The van der Waals surface area contributed by atoms with Crippen LogP contribution in [0.2, 0.25) is 0 Å². The lowest BCUT2D eigenvalue weighted by molar-refractivity contribution is -0.146. The number of alkyl halides is 6. The molecular weight excluding hydrogens is 508 g/mol. The minimum absolute atomic E-state index is 0.0833. The Morgan fingerprint density at radius 2 is 1.50 bits per heavy atom. The minimum Gasteiger partial charge on any atom is -0.465 e. The number of ketones is 1. The van der Waals surface area contributed by atoms with Crippen LogP contribution in [0.3, 0.4) is 0 Å². The maximum atomic E-state index is 12.0. The molecule has 1 aromatic carbocycles. The Morgan fingerprint density at radius 3 is 1.89 bits per heavy atom. The molecule has 0 unspecified atom stereocenters. The van der Waals surface area contributed by atoms with Gasteiger partial charge in [-0.15, -0.1) is 0 Å². The van der Waals surface area contributed by atoms with E-state index in [0.29, 0.717) is 12.1 Å². The monoisotopic (exact) mass is 531 g/mol. The van der Waals surface area contributed by atoms with E-state index in [9.17, 15) is 50.3 Å².